The summed E-state index contributed by atoms with van der Waals surface area (Å²) in [6.07, 6.45) is 0. The second kappa shape index (κ2) is 11.0. The molecule has 0 bridgehead atoms. The van der Waals surface area contributed by atoms with E-state index in [1.54, 1.807) is 23.6 Å². The van der Waals surface area contributed by atoms with Gasteiger partial charge in [0, 0.05) is 12.7 Å². The Morgan fingerprint density at radius 1 is 1.15 bits per heavy atom. The summed E-state index contributed by atoms with van der Waals surface area (Å²) in [5.41, 5.74) is 1.04. The van der Waals surface area contributed by atoms with Gasteiger partial charge in [0.25, 0.3) is 15.9 Å². The summed E-state index contributed by atoms with van der Waals surface area (Å²) in [5, 5.41) is 13.2. The smallest absolute Gasteiger partial charge is 0.344 e. The van der Waals surface area contributed by atoms with Gasteiger partial charge in [-0.1, -0.05) is 17.7 Å². The lowest BCUT2D eigenvalue weighted by atomic mass is 10.2. The maximum Gasteiger partial charge on any atom is 0.344 e. The standard InChI is InChI=1S/C22H18ClN3O6S2/c1-26(34(29,30)22-3-2-10-33-22)17-6-8-18(9-7-17)31-14-21(28)32-13-20(27)25-16-5-4-15(12-24)19(23)11-16/h2-11H,13-14H2,1H3,(H,25,27). The Morgan fingerprint density at radius 3 is 2.50 bits per heavy atom. The third kappa shape index (κ3) is 6.26. The van der Waals surface area contributed by atoms with E-state index in [2.05, 4.69) is 5.32 Å². The van der Waals surface area contributed by atoms with Gasteiger partial charge in [-0.15, -0.1) is 11.3 Å². The first-order valence-electron chi connectivity index (χ1n) is 9.61. The number of benzene rings is 2. The minimum Gasteiger partial charge on any atom is -0.482 e. The first kappa shape index (κ1) is 25.0. The van der Waals surface area contributed by atoms with Crippen molar-refractivity contribution in [3.8, 4) is 11.8 Å². The van der Waals surface area contributed by atoms with Gasteiger partial charge in [0.1, 0.15) is 16.0 Å². The minimum absolute atomic E-state index is 0.187. The fraction of sp³-hybridized carbons (Fsp3) is 0.136. The van der Waals surface area contributed by atoms with E-state index >= 15 is 0 Å². The summed E-state index contributed by atoms with van der Waals surface area (Å²) < 4.78 is 36.7. The second-order valence-electron chi connectivity index (χ2n) is 6.70. The van der Waals surface area contributed by atoms with Crippen molar-refractivity contribution < 1.29 is 27.5 Å². The molecule has 0 aliphatic carbocycles. The summed E-state index contributed by atoms with van der Waals surface area (Å²) >= 11 is 7.03. The third-order valence-corrected chi connectivity index (χ3v) is 7.88. The molecule has 0 atom stereocenters. The number of nitriles is 1. The van der Waals surface area contributed by atoms with Crippen LogP contribution in [0.1, 0.15) is 5.56 Å². The minimum atomic E-state index is -3.65. The van der Waals surface area contributed by atoms with Crippen LogP contribution in [0.4, 0.5) is 11.4 Å². The number of esters is 1. The fourth-order valence-electron chi connectivity index (χ4n) is 2.65. The maximum absolute atomic E-state index is 12.6. The largest absolute Gasteiger partial charge is 0.482 e. The summed E-state index contributed by atoms with van der Waals surface area (Å²) in [5.74, 6) is -1.04. The van der Waals surface area contributed by atoms with Crippen molar-refractivity contribution in [1.82, 2.24) is 0 Å². The Balaban J connectivity index is 1.46. The molecule has 0 unspecified atom stereocenters. The van der Waals surface area contributed by atoms with Gasteiger partial charge < -0.3 is 14.8 Å². The molecule has 1 N–H and O–H groups in total. The van der Waals surface area contributed by atoms with Crippen molar-refractivity contribution in [1.29, 1.82) is 5.26 Å². The molecule has 1 amide bonds. The molecule has 0 spiro atoms. The fourth-order valence-corrected chi connectivity index (χ4v) is 5.23. The number of nitrogens with one attached hydrogen (secondary N) is 1. The molecule has 0 aliphatic heterocycles. The van der Waals surface area contributed by atoms with Gasteiger partial charge in [-0.3, -0.25) is 9.10 Å². The Kier molecular flexibility index (Phi) is 8.12. The average molecular weight is 520 g/mol. The van der Waals surface area contributed by atoms with Crippen LogP contribution >= 0.6 is 22.9 Å². The molecule has 0 radical (unpaired) electrons. The zero-order chi connectivity index (χ0) is 24.7. The number of anilines is 2. The normalized spacial score (nSPS) is 10.7. The number of ether oxygens (including phenoxy) is 2. The highest BCUT2D eigenvalue weighted by Crippen LogP contribution is 2.26. The molecule has 1 heterocycles. The average Bonchev–Trinajstić information content (AvgIpc) is 3.37. The Morgan fingerprint density at radius 2 is 1.88 bits per heavy atom. The first-order chi connectivity index (χ1) is 16.2. The molecular weight excluding hydrogens is 502 g/mol. The molecule has 34 heavy (non-hydrogen) atoms. The SMILES string of the molecule is CN(c1ccc(OCC(=O)OCC(=O)Nc2ccc(C#N)c(Cl)c2)cc1)S(=O)(=O)c1cccs1. The maximum atomic E-state index is 12.6. The van der Waals surface area contributed by atoms with Crippen LogP contribution in [0, 0.1) is 11.3 Å². The lowest BCUT2D eigenvalue weighted by Gasteiger charge is -2.18. The predicted molar refractivity (Wildman–Crippen MR) is 128 cm³/mol. The molecule has 9 nitrogen and oxygen atoms in total. The third-order valence-electron chi connectivity index (χ3n) is 4.40. The van der Waals surface area contributed by atoms with E-state index in [-0.39, 0.29) is 14.8 Å². The van der Waals surface area contributed by atoms with Crippen LogP contribution in [-0.4, -0.2) is 40.6 Å². The number of carbonyl (C=O) groups excluding carboxylic acids is 2. The highest BCUT2D eigenvalue weighted by molar-refractivity contribution is 7.94. The Hall–Kier alpha value is -3.59. The van der Waals surface area contributed by atoms with Crippen LogP contribution in [0.3, 0.4) is 0 Å². The number of sulfonamides is 1. The van der Waals surface area contributed by atoms with Gasteiger partial charge >= 0.3 is 5.97 Å². The Labute approximate surface area is 205 Å². The van der Waals surface area contributed by atoms with Crippen molar-refractivity contribution >= 4 is 56.2 Å². The van der Waals surface area contributed by atoms with E-state index in [0.29, 0.717) is 17.1 Å². The number of hydrogen-bond acceptors (Lipinski definition) is 8. The molecule has 12 heteroatoms. The van der Waals surface area contributed by atoms with Crippen molar-refractivity contribution in [3.05, 3.63) is 70.6 Å². The van der Waals surface area contributed by atoms with E-state index in [9.17, 15) is 18.0 Å². The van der Waals surface area contributed by atoms with Crippen molar-refractivity contribution in [2.45, 2.75) is 4.21 Å². The highest BCUT2D eigenvalue weighted by Gasteiger charge is 2.22. The van der Waals surface area contributed by atoms with Gasteiger partial charge in [-0.05, 0) is 53.9 Å². The molecule has 176 valence electrons. The molecular formula is C22H18ClN3O6S2. The van der Waals surface area contributed by atoms with E-state index in [1.807, 2.05) is 6.07 Å². The molecule has 0 saturated carbocycles. The van der Waals surface area contributed by atoms with Gasteiger partial charge in [0.15, 0.2) is 13.2 Å². The number of hydrogen-bond donors (Lipinski definition) is 1. The number of carbonyl (C=O) groups is 2. The number of nitrogens with zero attached hydrogens (tertiary/aromatic N) is 2. The van der Waals surface area contributed by atoms with E-state index in [1.165, 1.54) is 43.4 Å². The predicted octanol–water partition coefficient (Wildman–Crippen LogP) is 3.66. The van der Waals surface area contributed by atoms with Gasteiger partial charge in [-0.2, -0.15) is 5.26 Å². The molecule has 0 fully saturated rings. The summed E-state index contributed by atoms with van der Waals surface area (Å²) in [6.45, 7) is -0.983. The molecule has 3 rings (SSSR count). The van der Waals surface area contributed by atoms with Crippen LogP contribution in [0.15, 0.2) is 64.2 Å². The molecule has 0 saturated heterocycles. The van der Waals surface area contributed by atoms with E-state index in [0.717, 1.165) is 15.6 Å². The second-order valence-corrected chi connectivity index (χ2v) is 10.3. The quantitative estimate of drug-likeness (QED) is 0.427. The van der Waals surface area contributed by atoms with Gasteiger partial charge in [-0.25, -0.2) is 13.2 Å². The van der Waals surface area contributed by atoms with Crippen LogP contribution < -0.4 is 14.4 Å². The van der Waals surface area contributed by atoms with Crippen LogP contribution in [0.2, 0.25) is 5.02 Å². The van der Waals surface area contributed by atoms with Crippen molar-refractivity contribution in [2.24, 2.45) is 0 Å². The van der Waals surface area contributed by atoms with E-state index < -0.39 is 35.1 Å². The van der Waals surface area contributed by atoms with Crippen LogP contribution in [0.25, 0.3) is 0 Å². The van der Waals surface area contributed by atoms with Crippen molar-refractivity contribution in [3.63, 3.8) is 0 Å². The molecule has 3 aromatic rings. The topological polar surface area (TPSA) is 126 Å². The molecule has 1 aromatic heterocycles. The zero-order valence-electron chi connectivity index (χ0n) is 17.7. The number of thiophene rings is 1. The van der Waals surface area contributed by atoms with Crippen LogP contribution in [0.5, 0.6) is 5.75 Å². The van der Waals surface area contributed by atoms with E-state index in [4.69, 9.17) is 26.3 Å². The zero-order valence-corrected chi connectivity index (χ0v) is 20.1. The van der Waals surface area contributed by atoms with Crippen LogP contribution in [-0.2, 0) is 24.3 Å². The summed E-state index contributed by atoms with van der Waals surface area (Å²) in [6, 6.07) is 15.6. The van der Waals surface area contributed by atoms with Gasteiger partial charge in [0.05, 0.1) is 16.3 Å². The van der Waals surface area contributed by atoms with Gasteiger partial charge in [0.2, 0.25) is 0 Å². The monoisotopic (exact) mass is 519 g/mol. The number of halogens is 1. The lowest BCUT2D eigenvalue weighted by molar-refractivity contribution is -0.149. The first-order valence-corrected chi connectivity index (χ1v) is 12.3. The highest BCUT2D eigenvalue weighted by atomic mass is 35.5. The Bertz CT molecular complexity index is 1320. The molecule has 2 aromatic carbocycles. The number of amides is 1. The summed E-state index contributed by atoms with van der Waals surface area (Å²) in [7, 11) is -2.21. The number of rotatable bonds is 9. The lowest BCUT2D eigenvalue weighted by Crippen LogP contribution is -2.25. The molecule has 0 aliphatic rings. The van der Waals surface area contributed by atoms with Crippen molar-refractivity contribution in [2.75, 3.05) is 29.9 Å². The summed E-state index contributed by atoms with van der Waals surface area (Å²) in [4.78, 5) is 23.8.